The van der Waals surface area contributed by atoms with Crippen molar-refractivity contribution in [3.8, 4) is 0 Å². The molecule has 0 atom stereocenters. The predicted octanol–water partition coefficient (Wildman–Crippen LogP) is -0.618. The SMILES string of the molecule is Cn1nnc(Cn2cc(S(=O)(=O)Cl)cn2)n1. The first-order chi connectivity index (χ1) is 7.45. The van der Waals surface area contributed by atoms with Crippen LogP contribution in [0.1, 0.15) is 5.82 Å². The molecular weight excluding hydrogens is 256 g/mol. The largest absolute Gasteiger partial charge is 0.264 e. The minimum absolute atomic E-state index is 0.0574. The van der Waals surface area contributed by atoms with E-state index in [2.05, 4.69) is 20.5 Å². The Kier molecular flexibility index (Phi) is 2.64. The van der Waals surface area contributed by atoms with Crippen molar-refractivity contribution in [2.24, 2.45) is 7.05 Å². The number of hydrogen-bond donors (Lipinski definition) is 0. The van der Waals surface area contributed by atoms with Crippen LogP contribution in [0, 0.1) is 0 Å². The highest BCUT2D eigenvalue weighted by Crippen LogP contribution is 2.13. The molecule has 86 valence electrons. The number of halogens is 1. The van der Waals surface area contributed by atoms with Gasteiger partial charge in [0.05, 0.1) is 13.2 Å². The first kappa shape index (κ1) is 11.0. The summed E-state index contributed by atoms with van der Waals surface area (Å²) in [4.78, 5) is 1.25. The summed E-state index contributed by atoms with van der Waals surface area (Å²) in [5.41, 5.74) is 0. The van der Waals surface area contributed by atoms with Gasteiger partial charge in [0.15, 0.2) is 5.82 Å². The van der Waals surface area contributed by atoms with E-state index in [0.29, 0.717) is 5.82 Å². The van der Waals surface area contributed by atoms with Gasteiger partial charge >= 0.3 is 0 Å². The average molecular weight is 263 g/mol. The number of aryl methyl sites for hydroxylation is 1. The molecule has 0 saturated carbocycles. The number of rotatable bonds is 3. The maximum absolute atomic E-state index is 11.0. The summed E-state index contributed by atoms with van der Waals surface area (Å²) in [6, 6.07) is 0. The van der Waals surface area contributed by atoms with Crippen LogP contribution in [-0.4, -0.2) is 38.4 Å². The summed E-state index contributed by atoms with van der Waals surface area (Å²) in [5, 5.41) is 15.1. The average Bonchev–Trinajstić information content (AvgIpc) is 2.74. The molecule has 2 rings (SSSR count). The zero-order valence-electron chi connectivity index (χ0n) is 8.15. The van der Waals surface area contributed by atoms with Gasteiger partial charge in [0.2, 0.25) is 0 Å². The Bertz CT molecular complexity index is 602. The smallest absolute Gasteiger partial charge is 0.264 e. The van der Waals surface area contributed by atoms with Gasteiger partial charge in [-0.2, -0.15) is 9.90 Å². The van der Waals surface area contributed by atoms with Crippen molar-refractivity contribution in [1.29, 1.82) is 0 Å². The van der Waals surface area contributed by atoms with Crippen LogP contribution in [0.5, 0.6) is 0 Å². The molecule has 0 N–H and O–H groups in total. The molecule has 10 heteroatoms. The second-order valence-corrected chi connectivity index (χ2v) is 5.57. The van der Waals surface area contributed by atoms with Crippen molar-refractivity contribution in [1.82, 2.24) is 30.0 Å². The zero-order chi connectivity index (χ0) is 11.8. The third-order valence-corrected chi connectivity index (χ3v) is 3.05. The molecule has 0 amide bonds. The monoisotopic (exact) mass is 262 g/mol. The third kappa shape index (κ3) is 2.36. The quantitative estimate of drug-likeness (QED) is 0.684. The lowest BCUT2D eigenvalue weighted by molar-refractivity contribution is 0.608. The van der Waals surface area contributed by atoms with E-state index < -0.39 is 9.05 Å². The van der Waals surface area contributed by atoms with Crippen LogP contribution in [0.4, 0.5) is 0 Å². The topological polar surface area (TPSA) is 95.6 Å². The standard InChI is InChI=1S/C6H7ClN6O2S/c1-12-10-6(9-11-12)4-13-3-5(2-8-13)16(7,14)15/h2-3H,4H2,1H3. The lowest BCUT2D eigenvalue weighted by atomic mass is 10.6. The normalized spacial score (nSPS) is 11.9. The van der Waals surface area contributed by atoms with Gasteiger partial charge < -0.3 is 0 Å². The first-order valence-corrected chi connectivity index (χ1v) is 6.46. The van der Waals surface area contributed by atoms with Crippen molar-refractivity contribution in [3.05, 3.63) is 18.2 Å². The van der Waals surface area contributed by atoms with Crippen LogP contribution >= 0.6 is 10.7 Å². The van der Waals surface area contributed by atoms with Gasteiger partial charge in [0.25, 0.3) is 9.05 Å². The molecule has 0 aliphatic rings. The molecule has 2 aromatic rings. The fourth-order valence-electron chi connectivity index (χ4n) is 1.09. The van der Waals surface area contributed by atoms with Gasteiger partial charge in [0.1, 0.15) is 11.4 Å². The highest BCUT2D eigenvalue weighted by atomic mass is 35.7. The minimum atomic E-state index is -3.74. The Balaban J connectivity index is 2.21. The molecule has 0 saturated heterocycles. The molecule has 0 radical (unpaired) electrons. The van der Waals surface area contributed by atoms with Gasteiger partial charge in [-0.15, -0.1) is 10.2 Å². The fraction of sp³-hybridized carbons (Fsp3) is 0.333. The molecule has 2 aromatic heterocycles. The molecular formula is C6H7ClN6O2S. The number of tetrazole rings is 1. The van der Waals surface area contributed by atoms with Crippen molar-refractivity contribution < 1.29 is 8.42 Å². The summed E-state index contributed by atoms with van der Waals surface area (Å²) in [5.74, 6) is 0.434. The first-order valence-electron chi connectivity index (χ1n) is 4.15. The van der Waals surface area contributed by atoms with E-state index in [0.717, 1.165) is 0 Å². The van der Waals surface area contributed by atoms with Gasteiger partial charge in [-0.25, -0.2) is 8.42 Å². The Hall–Kier alpha value is -1.48. The van der Waals surface area contributed by atoms with Crippen molar-refractivity contribution in [3.63, 3.8) is 0 Å². The minimum Gasteiger partial charge on any atom is -0.264 e. The maximum Gasteiger partial charge on any atom is 0.264 e. The van der Waals surface area contributed by atoms with Crippen LogP contribution in [0.2, 0.25) is 0 Å². The predicted molar refractivity (Wildman–Crippen MR) is 53.2 cm³/mol. The highest BCUT2D eigenvalue weighted by molar-refractivity contribution is 8.13. The second-order valence-electron chi connectivity index (χ2n) is 3.01. The van der Waals surface area contributed by atoms with Crippen molar-refractivity contribution in [2.75, 3.05) is 0 Å². The molecule has 0 aromatic carbocycles. The van der Waals surface area contributed by atoms with Gasteiger partial charge in [-0.05, 0) is 5.21 Å². The Labute approximate surface area is 95.2 Å². The summed E-state index contributed by atoms with van der Waals surface area (Å²) in [6.45, 7) is 0.236. The molecule has 0 fully saturated rings. The van der Waals surface area contributed by atoms with Gasteiger partial charge in [-0.1, -0.05) is 0 Å². The zero-order valence-corrected chi connectivity index (χ0v) is 9.72. The van der Waals surface area contributed by atoms with Crippen LogP contribution in [0.25, 0.3) is 0 Å². The third-order valence-electron chi connectivity index (χ3n) is 1.74. The molecule has 0 aliphatic heterocycles. The van der Waals surface area contributed by atoms with E-state index in [9.17, 15) is 8.42 Å². The van der Waals surface area contributed by atoms with Crippen LogP contribution in [0.3, 0.4) is 0 Å². The van der Waals surface area contributed by atoms with E-state index in [1.54, 1.807) is 7.05 Å². The Morgan fingerprint density at radius 3 is 2.75 bits per heavy atom. The van der Waals surface area contributed by atoms with E-state index in [1.807, 2.05) is 0 Å². The van der Waals surface area contributed by atoms with Gasteiger partial charge in [-0.3, -0.25) is 4.68 Å². The Morgan fingerprint density at radius 1 is 1.50 bits per heavy atom. The van der Waals surface area contributed by atoms with E-state index >= 15 is 0 Å². The number of aromatic nitrogens is 6. The van der Waals surface area contributed by atoms with Crippen molar-refractivity contribution >= 4 is 19.7 Å². The molecule has 0 aliphatic carbocycles. The Morgan fingerprint density at radius 2 is 2.25 bits per heavy atom. The lowest BCUT2D eigenvalue weighted by Crippen LogP contribution is -2.02. The summed E-state index contributed by atoms with van der Waals surface area (Å²) in [7, 11) is 3.04. The highest BCUT2D eigenvalue weighted by Gasteiger charge is 2.13. The summed E-state index contributed by atoms with van der Waals surface area (Å²) >= 11 is 0. The summed E-state index contributed by atoms with van der Waals surface area (Å²) in [6.07, 6.45) is 2.47. The molecule has 8 nitrogen and oxygen atoms in total. The molecule has 16 heavy (non-hydrogen) atoms. The molecule has 0 unspecified atom stereocenters. The second kappa shape index (κ2) is 3.83. The van der Waals surface area contributed by atoms with Crippen molar-refractivity contribution in [2.45, 2.75) is 11.4 Å². The number of nitrogens with zero attached hydrogens (tertiary/aromatic N) is 6. The fourth-order valence-corrected chi connectivity index (χ4v) is 1.75. The van der Waals surface area contributed by atoms with Crippen LogP contribution in [0.15, 0.2) is 17.3 Å². The molecule has 0 bridgehead atoms. The number of hydrogen-bond acceptors (Lipinski definition) is 6. The van der Waals surface area contributed by atoms with Crippen LogP contribution < -0.4 is 0 Å². The van der Waals surface area contributed by atoms with Crippen LogP contribution in [-0.2, 0) is 22.6 Å². The molecule has 2 heterocycles. The lowest BCUT2D eigenvalue weighted by Gasteiger charge is -1.93. The van der Waals surface area contributed by atoms with E-state index in [1.165, 1.54) is 21.9 Å². The van der Waals surface area contributed by atoms with E-state index in [4.69, 9.17) is 10.7 Å². The summed E-state index contributed by atoms with van der Waals surface area (Å²) < 4.78 is 23.3. The molecule has 0 spiro atoms. The maximum atomic E-state index is 11.0. The van der Waals surface area contributed by atoms with E-state index in [-0.39, 0.29) is 11.4 Å². The van der Waals surface area contributed by atoms with Gasteiger partial charge in [0, 0.05) is 16.9 Å².